The molecule has 1 aliphatic heterocycles. The van der Waals surface area contributed by atoms with E-state index in [9.17, 15) is 0 Å². The van der Waals surface area contributed by atoms with Gasteiger partial charge in [-0.1, -0.05) is 30.3 Å². The Balaban J connectivity index is 1.19. The molecule has 2 aliphatic carbocycles. The minimum Gasteiger partial charge on any atom is -0.376 e. The highest BCUT2D eigenvalue weighted by Crippen LogP contribution is 2.48. The summed E-state index contributed by atoms with van der Waals surface area (Å²) in [4.78, 5) is 6.98. The zero-order valence-corrected chi connectivity index (χ0v) is 16.1. The fourth-order valence-corrected chi connectivity index (χ4v) is 4.39. The Morgan fingerprint density at radius 1 is 1.15 bits per heavy atom. The molecule has 2 saturated carbocycles. The van der Waals surface area contributed by atoms with Crippen molar-refractivity contribution in [3.05, 3.63) is 35.9 Å². The van der Waals surface area contributed by atoms with Gasteiger partial charge < -0.3 is 15.0 Å². The van der Waals surface area contributed by atoms with Gasteiger partial charge in [0.2, 0.25) is 0 Å². The highest BCUT2D eigenvalue weighted by molar-refractivity contribution is 5.80. The molecular formula is C22H33N3O. The van der Waals surface area contributed by atoms with Crippen molar-refractivity contribution in [3.63, 3.8) is 0 Å². The standard InChI is InChI=1S/C22H33N3O/c1-23-22(24-13-21(19-7-8-19)20-9-10-20)25-12-11-18(14-25)16-26-15-17-5-3-2-4-6-17/h2-6,18-21H,7-16H2,1H3,(H,23,24). The number of nitrogens with one attached hydrogen (secondary N) is 1. The van der Waals surface area contributed by atoms with Crippen molar-refractivity contribution in [2.45, 2.75) is 38.7 Å². The lowest BCUT2D eigenvalue weighted by atomic mass is 9.98. The summed E-state index contributed by atoms with van der Waals surface area (Å²) in [6.07, 6.45) is 7.00. The van der Waals surface area contributed by atoms with Crippen molar-refractivity contribution in [2.75, 3.05) is 33.3 Å². The first-order valence-electron chi connectivity index (χ1n) is 10.4. The molecule has 26 heavy (non-hydrogen) atoms. The summed E-state index contributed by atoms with van der Waals surface area (Å²) in [6.45, 7) is 4.83. The van der Waals surface area contributed by atoms with E-state index in [2.05, 4.69) is 39.5 Å². The van der Waals surface area contributed by atoms with Crippen molar-refractivity contribution >= 4 is 5.96 Å². The molecule has 4 heteroatoms. The maximum absolute atomic E-state index is 5.96. The molecule has 1 heterocycles. The van der Waals surface area contributed by atoms with Crippen molar-refractivity contribution in [2.24, 2.45) is 28.7 Å². The fraction of sp³-hybridized carbons (Fsp3) is 0.682. The maximum atomic E-state index is 5.96. The van der Waals surface area contributed by atoms with Gasteiger partial charge >= 0.3 is 0 Å². The molecule has 0 spiro atoms. The van der Waals surface area contributed by atoms with Gasteiger partial charge in [0.25, 0.3) is 0 Å². The number of hydrogen-bond acceptors (Lipinski definition) is 2. The van der Waals surface area contributed by atoms with Gasteiger partial charge in [-0.3, -0.25) is 4.99 Å². The average molecular weight is 356 g/mol. The fourth-order valence-electron chi connectivity index (χ4n) is 4.39. The Kier molecular flexibility index (Phi) is 5.78. The normalized spacial score (nSPS) is 23.7. The van der Waals surface area contributed by atoms with E-state index in [4.69, 9.17) is 4.74 Å². The minimum atomic E-state index is 0.611. The lowest BCUT2D eigenvalue weighted by Crippen LogP contribution is -2.42. The molecule has 0 radical (unpaired) electrons. The molecule has 4 rings (SSSR count). The predicted octanol–water partition coefficient (Wildman–Crippen LogP) is 3.54. The molecule has 1 N–H and O–H groups in total. The molecule has 4 nitrogen and oxygen atoms in total. The van der Waals surface area contributed by atoms with Gasteiger partial charge in [0.1, 0.15) is 0 Å². The first kappa shape index (κ1) is 17.8. The SMILES string of the molecule is CN=C(NCC(C1CC1)C1CC1)N1CCC(COCc2ccccc2)C1. The molecule has 0 amide bonds. The van der Waals surface area contributed by atoms with Gasteiger partial charge in [0, 0.05) is 32.6 Å². The summed E-state index contributed by atoms with van der Waals surface area (Å²) in [5.74, 6) is 4.58. The van der Waals surface area contributed by atoms with Crippen LogP contribution in [0.1, 0.15) is 37.7 Å². The van der Waals surface area contributed by atoms with Crippen molar-refractivity contribution < 1.29 is 4.74 Å². The Hall–Kier alpha value is -1.55. The Labute approximate surface area is 158 Å². The van der Waals surface area contributed by atoms with Crippen LogP contribution in [0.3, 0.4) is 0 Å². The maximum Gasteiger partial charge on any atom is 0.193 e. The number of benzene rings is 1. The second kappa shape index (κ2) is 8.43. The predicted molar refractivity (Wildman–Crippen MR) is 106 cm³/mol. The summed E-state index contributed by atoms with van der Waals surface area (Å²) in [5.41, 5.74) is 1.26. The highest BCUT2D eigenvalue weighted by atomic mass is 16.5. The molecule has 0 aromatic heterocycles. The van der Waals surface area contributed by atoms with Crippen LogP contribution in [0.25, 0.3) is 0 Å². The number of guanidine groups is 1. The van der Waals surface area contributed by atoms with Crippen LogP contribution in [0.4, 0.5) is 0 Å². The van der Waals surface area contributed by atoms with Crippen molar-refractivity contribution in [1.82, 2.24) is 10.2 Å². The van der Waals surface area contributed by atoms with E-state index >= 15 is 0 Å². The molecule has 0 bridgehead atoms. The van der Waals surface area contributed by atoms with Crippen LogP contribution in [0.15, 0.2) is 35.3 Å². The molecule has 1 aromatic rings. The number of rotatable bonds is 8. The van der Waals surface area contributed by atoms with Gasteiger partial charge in [0.05, 0.1) is 13.2 Å². The van der Waals surface area contributed by atoms with E-state index < -0.39 is 0 Å². The summed E-state index contributed by atoms with van der Waals surface area (Å²) < 4.78 is 5.96. The van der Waals surface area contributed by atoms with Crippen LogP contribution in [0.5, 0.6) is 0 Å². The second-order valence-corrected chi connectivity index (χ2v) is 8.37. The quantitative estimate of drug-likeness (QED) is 0.572. The highest BCUT2D eigenvalue weighted by Gasteiger charge is 2.41. The molecular weight excluding hydrogens is 322 g/mol. The third kappa shape index (κ3) is 4.79. The van der Waals surface area contributed by atoms with E-state index in [1.807, 2.05) is 13.1 Å². The zero-order valence-electron chi connectivity index (χ0n) is 16.1. The molecule has 1 atom stereocenters. The lowest BCUT2D eigenvalue weighted by Gasteiger charge is -2.24. The molecule has 142 valence electrons. The second-order valence-electron chi connectivity index (χ2n) is 8.37. The monoisotopic (exact) mass is 355 g/mol. The van der Waals surface area contributed by atoms with E-state index in [1.165, 1.54) is 37.7 Å². The Morgan fingerprint density at radius 2 is 1.88 bits per heavy atom. The summed E-state index contributed by atoms with van der Waals surface area (Å²) in [7, 11) is 1.92. The van der Waals surface area contributed by atoms with E-state index in [0.29, 0.717) is 5.92 Å². The Morgan fingerprint density at radius 3 is 2.54 bits per heavy atom. The summed E-state index contributed by atoms with van der Waals surface area (Å²) >= 11 is 0. The minimum absolute atomic E-state index is 0.611. The first-order chi connectivity index (χ1) is 12.8. The van der Waals surface area contributed by atoms with E-state index in [1.54, 1.807) is 0 Å². The molecule has 3 aliphatic rings. The molecule has 1 aromatic carbocycles. The van der Waals surface area contributed by atoms with Gasteiger partial charge in [-0.2, -0.15) is 0 Å². The van der Waals surface area contributed by atoms with Gasteiger partial charge in [-0.25, -0.2) is 0 Å². The number of ether oxygens (including phenoxy) is 1. The lowest BCUT2D eigenvalue weighted by molar-refractivity contribution is 0.0906. The smallest absolute Gasteiger partial charge is 0.193 e. The van der Waals surface area contributed by atoms with Crippen molar-refractivity contribution in [1.29, 1.82) is 0 Å². The van der Waals surface area contributed by atoms with Crippen LogP contribution in [0.2, 0.25) is 0 Å². The molecule has 1 saturated heterocycles. The van der Waals surface area contributed by atoms with Crippen molar-refractivity contribution in [3.8, 4) is 0 Å². The number of nitrogens with zero attached hydrogens (tertiary/aromatic N) is 2. The summed E-state index contributed by atoms with van der Waals surface area (Å²) in [6, 6.07) is 10.4. The van der Waals surface area contributed by atoms with E-state index in [-0.39, 0.29) is 0 Å². The van der Waals surface area contributed by atoms with Gasteiger partial charge in [-0.15, -0.1) is 0 Å². The number of likely N-dealkylation sites (tertiary alicyclic amines) is 1. The topological polar surface area (TPSA) is 36.9 Å². The molecule has 1 unspecified atom stereocenters. The van der Waals surface area contributed by atoms with Crippen LogP contribution < -0.4 is 5.32 Å². The third-order valence-electron chi connectivity index (χ3n) is 6.21. The van der Waals surface area contributed by atoms with Crippen LogP contribution in [0, 0.1) is 23.7 Å². The number of aliphatic imine (C=N–C) groups is 1. The number of hydrogen-bond donors (Lipinski definition) is 1. The molecule has 3 fully saturated rings. The van der Waals surface area contributed by atoms with Crippen LogP contribution >= 0.6 is 0 Å². The van der Waals surface area contributed by atoms with E-state index in [0.717, 1.165) is 56.6 Å². The average Bonchev–Trinajstić information content (AvgIpc) is 3.60. The van der Waals surface area contributed by atoms with Gasteiger partial charge in [0.15, 0.2) is 5.96 Å². The Bertz CT molecular complexity index is 583. The zero-order chi connectivity index (χ0) is 17.8. The first-order valence-corrected chi connectivity index (χ1v) is 10.4. The van der Waals surface area contributed by atoms with Gasteiger partial charge in [-0.05, 0) is 55.4 Å². The largest absolute Gasteiger partial charge is 0.376 e. The van der Waals surface area contributed by atoms with Crippen LogP contribution in [-0.2, 0) is 11.3 Å². The van der Waals surface area contributed by atoms with Crippen LogP contribution in [-0.4, -0.2) is 44.1 Å². The summed E-state index contributed by atoms with van der Waals surface area (Å²) in [5, 5.41) is 3.69. The third-order valence-corrected chi connectivity index (χ3v) is 6.21.